The van der Waals surface area contributed by atoms with Crippen LogP contribution in [0.15, 0.2) is 0 Å². The van der Waals surface area contributed by atoms with Gasteiger partial charge in [-0.1, -0.05) is 26.7 Å². The van der Waals surface area contributed by atoms with Gasteiger partial charge in [0.25, 0.3) is 0 Å². The van der Waals surface area contributed by atoms with Crippen LogP contribution in [0.3, 0.4) is 0 Å². The molecule has 8 heavy (non-hydrogen) atoms. The molecule has 48 valence electrons. The maximum absolute atomic E-state index is 9.09. The lowest BCUT2D eigenvalue weighted by atomic mass is 10.2. The van der Waals surface area contributed by atoms with Crippen molar-refractivity contribution in [1.29, 1.82) is 0 Å². The highest BCUT2D eigenvalue weighted by molar-refractivity contribution is 4.94. The maximum atomic E-state index is 9.09. The average molecular weight is 114 g/mol. The molecule has 0 bridgehead atoms. The van der Waals surface area contributed by atoms with E-state index in [-0.39, 0.29) is 6.10 Å². The van der Waals surface area contributed by atoms with Crippen LogP contribution in [-0.4, -0.2) is 11.2 Å². The highest BCUT2D eigenvalue weighted by atomic mass is 16.3. The Morgan fingerprint density at radius 1 is 1.12 bits per heavy atom. The Balaban J connectivity index is 2.23. The van der Waals surface area contributed by atoms with Crippen LogP contribution >= 0.6 is 0 Å². The molecule has 3 atom stereocenters. The number of aliphatic hydroxyl groups excluding tert-OH is 1. The van der Waals surface area contributed by atoms with Gasteiger partial charge in [-0.2, -0.15) is 0 Å². The van der Waals surface area contributed by atoms with Gasteiger partial charge in [0, 0.05) is 0 Å². The van der Waals surface area contributed by atoms with Crippen LogP contribution in [0.25, 0.3) is 0 Å². The van der Waals surface area contributed by atoms with Gasteiger partial charge in [-0.15, -0.1) is 0 Å². The van der Waals surface area contributed by atoms with E-state index in [1.54, 1.807) is 0 Å². The monoisotopic (exact) mass is 114 g/mol. The fraction of sp³-hybridized carbons (Fsp3) is 1.00. The summed E-state index contributed by atoms with van der Waals surface area (Å²) in [6.45, 7) is 4.28. The molecule has 0 spiro atoms. The number of hydrogen-bond donors (Lipinski definition) is 1. The predicted molar refractivity (Wildman–Crippen MR) is 33.6 cm³/mol. The first-order chi connectivity index (χ1) is 3.81. The van der Waals surface area contributed by atoms with E-state index in [1.807, 2.05) is 0 Å². The van der Waals surface area contributed by atoms with Gasteiger partial charge < -0.3 is 5.11 Å². The maximum Gasteiger partial charge on any atom is 0.0603 e. The largest absolute Gasteiger partial charge is 0.393 e. The molecule has 1 unspecified atom stereocenters. The molecule has 0 aliphatic heterocycles. The van der Waals surface area contributed by atoms with Gasteiger partial charge in [0.2, 0.25) is 0 Å². The molecule has 1 nitrogen and oxygen atoms in total. The minimum atomic E-state index is 0.0463. The van der Waals surface area contributed by atoms with Crippen LogP contribution in [0.5, 0.6) is 0 Å². The predicted octanol–water partition coefficient (Wildman–Crippen LogP) is 1.41. The van der Waals surface area contributed by atoms with E-state index < -0.39 is 0 Å². The number of rotatable bonds is 2. The van der Waals surface area contributed by atoms with Gasteiger partial charge in [0.15, 0.2) is 0 Å². The third kappa shape index (κ3) is 0.752. The molecule has 0 radical (unpaired) electrons. The third-order valence-electron chi connectivity index (χ3n) is 2.23. The zero-order valence-electron chi connectivity index (χ0n) is 5.59. The molecule has 1 N–H and O–H groups in total. The van der Waals surface area contributed by atoms with E-state index in [0.29, 0.717) is 11.8 Å². The highest BCUT2D eigenvalue weighted by Crippen LogP contribution is 2.43. The third-order valence-corrected chi connectivity index (χ3v) is 2.23. The topological polar surface area (TPSA) is 20.2 Å². The number of hydrogen-bond acceptors (Lipinski definition) is 1. The van der Waals surface area contributed by atoms with E-state index in [2.05, 4.69) is 13.8 Å². The lowest BCUT2D eigenvalue weighted by Crippen LogP contribution is -1.81. The summed E-state index contributed by atoms with van der Waals surface area (Å²) >= 11 is 0. The van der Waals surface area contributed by atoms with Crippen molar-refractivity contribution >= 4 is 0 Å². The van der Waals surface area contributed by atoms with Crippen molar-refractivity contribution in [3.8, 4) is 0 Å². The summed E-state index contributed by atoms with van der Waals surface area (Å²) in [6, 6.07) is 0. The molecule has 1 rings (SSSR count). The summed E-state index contributed by atoms with van der Waals surface area (Å²) in [5.41, 5.74) is 0. The first kappa shape index (κ1) is 6.09. The van der Waals surface area contributed by atoms with E-state index >= 15 is 0 Å². The molecular weight excluding hydrogens is 100 g/mol. The van der Waals surface area contributed by atoms with Gasteiger partial charge >= 0.3 is 0 Å². The molecule has 1 heteroatoms. The van der Waals surface area contributed by atoms with Crippen LogP contribution in [0.4, 0.5) is 0 Å². The molecule has 0 aromatic rings. The van der Waals surface area contributed by atoms with Crippen LogP contribution in [-0.2, 0) is 0 Å². The zero-order valence-corrected chi connectivity index (χ0v) is 5.59. The summed E-state index contributed by atoms with van der Waals surface area (Å²) in [6.07, 6.45) is 2.35. The van der Waals surface area contributed by atoms with Crippen LogP contribution in [0.1, 0.15) is 26.7 Å². The van der Waals surface area contributed by atoms with E-state index in [9.17, 15) is 0 Å². The molecule has 1 aliphatic carbocycles. The van der Waals surface area contributed by atoms with Crippen molar-refractivity contribution in [2.45, 2.75) is 32.8 Å². The fourth-order valence-electron chi connectivity index (χ4n) is 1.51. The van der Waals surface area contributed by atoms with Crippen molar-refractivity contribution in [2.75, 3.05) is 0 Å². The molecule has 0 heterocycles. The Bertz CT molecular complexity index is 70.5. The average Bonchev–Trinajstić information content (AvgIpc) is 2.40. The summed E-state index contributed by atoms with van der Waals surface area (Å²) in [4.78, 5) is 0. The van der Waals surface area contributed by atoms with E-state index in [0.717, 1.165) is 12.8 Å². The molecule has 0 saturated heterocycles. The van der Waals surface area contributed by atoms with Crippen LogP contribution in [0, 0.1) is 11.8 Å². The number of aliphatic hydroxyl groups is 1. The molecule has 1 fully saturated rings. The van der Waals surface area contributed by atoms with Gasteiger partial charge in [-0.05, 0) is 11.8 Å². The van der Waals surface area contributed by atoms with E-state index in [4.69, 9.17) is 5.11 Å². The van der Waals surface area contributed by atoms with Crippen molar-refractivity contribution in [3.05, 3.63) is 0 Å². The second-order valence-corrected chi connectivity index (χ2v) is 2.63. The summed E-state index contributed by atoms with van der Waals surface area (Å²) < 4.78 is 0. The van der Waals surface area contributed by atoms with Crippen molar-refractivity contribution in [1.82, 2.24) is 0 Å². The quantitative estimate of drug-likeness (QED) is 0.575. The first-order valence-electron chi connectivity index (χ1n) is 3.49. The van der Waals surface area contributed by atoms with E-state index in [1.165, 1.54) is 0 Å². The lowest BCUT2D eigenvalue weighted by Gasteiger charge is -1.83. The molecule has 0 aromatic carbocycles. The zero-order chi connectivity index (χ0) is 6.15. The first-order valence-corrected chi connectivity index (χ1v) is 3.49. The Labute approximate surface area is 50.7 Å². The van der Waals surface area contributed by atoms with Crippen molar-refractivity contribution in [3.63, 3.8) is 0 Å². The van der Waals surface area contributed by atoms with Crippen molar-refractivity contribution < 1.29 is 5.11 Å². The Morgan fingerprint density at radius 3 is 1.62 bits per heavy atom. The fourth-order valence-corrected chi connectivity index (χ4v) is 1.51. The van der Waals surface area contributed by atoms with Crippen LogP contribution < -0.4 is 0 Å². The Kier molecular flexibility index (Phi) is 1.57. The van der Waals surface area contributed by atoms with Crippen molar-refractivity contribution in [2.24, 2.45) is 11.8 Å². The summed E-state index contributed by atoms with van der Waals surface area (Å²) in [5, 5.41) is 9.09. The minimum Gasteiger partial charge on any atom is -0.393 e. The SMILES string of the molecule is CC[C@@H]1C(O)[C@@H]1CC. The van der Waals surface area contributed by atoms with Gasteiger partial charge in [-0.25, -0.2) is 0 Å². The second kappa shape index (κ2) is 2.06. The van der Waals surface area contributed by atoms with Crippen LogP contribution in [0.2, 0.25) is 0 Å². The molecular formula is C7H14O. The minimum absolute atomic E-state index is 0.0463. The van der Waals surface area contributed by atoms with Gasteiger partial charge in [0.05, 0.1) is 6.10 Å². The molecule has 1 aliphatic rings. The Morgan fingerprint density at radius 2 is 1.50 bits per heavy atom. The second-order valence-electron chi connectivity index (χ2n) is 2.63. The summed E-state index contributed by atoms with van der Waals surface area (Å²) in [5.74, 6) is 1.28. The normalized spacial score (nSPS) is 44.6. The molecule has 0 amide bonds. The highest BCUT2D eigenvalue weighted by Gasteiger charge is 2.45. The smallest absolute Gasteiger partial charge is 0.0603 e. The summed E-state index contributed by atoms with van der Waals surface area (Å²) in [7, 11) is 0. The van der Waals surface area contributed by atoms with Gasteiger partial charge in [0.1, 0.15) is 0 Å². The Hall–Kier alpha value is -0.0400. The van der Waals surface area contributed by atoms with Gasteiger partial charge in [-0.3, -0.25) is 0 Å². The molecule has 0 aromatic heterocycles. The standard InChI is InChI=1S/C7H14O/c1-3-5-6(4-2)7(5)8/h5-8H,3-4H2,1-2H3/t5-,6+,7?. The molecule has 1 saturated carbocycles. The lowest BCUT2D eigenvalue weighted by molar-refractivity contribution is 0.245.